The van der Waals surface area contributed by atoms with Crippen molar-refractivity contribution in [1.82, 2.24) is 15.1 Å². The van der Waals surface area contributed by atoms with Gasteiger partial charge < -0.3 is 10.1 Å². The van der Waals surface area contributed by atoms with Gasteiger partial charge in [0, 0.05) is 30.0 Å². The molecule has 1 aromatic carbocycles. The third-order valence-corrected chi connectivity index (χ3v) is 5.62. The molecule has 1 fully saturated rings. The molecule has 0 radical (unpaired) electrons. The average molecular weight is 389 g/mol. The van der Waals surface area contributed by atoms with Gasteiger partial charge in [-0.3, -0.25) is 4.79 Å². The minimum atomic E-state index is -0.923. The van der Waals surface area contributed by atoms with Crippen molar-refractivity contribution in [2.45, 2.75) is 64.0 Å². The number of carbonyl (C=O) groups is 1. The molecule has 0 spiro atoms. The first-order valence-electron chi connectivity index (χ1n) is 10.0. The summed E-state index contributed by atoms with van der Waals surface area (Å²) in [5.41, 5.74) is 2.64. The maximum absolute atomic E-state index is 13.7. The number of ether oxygens (including phenoxy) is 1. The van der Waals surface area contributed by atoms with Gasteiger partial charge in [-0.1, -0.05) is 0 Å². The molecule has 2 unspecified atom stereocenters. The van der Waals surface area contributed by atoms with E-state index in [1.807, 2.05) is 6.92 Å². The Morgan fingerprint density at radius 2 is 2.18 bits per heavy atom. The lowest BCUT2D eigenvalue weighted by Gasteiger charge is -2.16. The number of amides is 1. The fourth-order valence-electron chi connectivity index (χ4n) is 4.12. The van der Waals surface area contributed by atoms with E-state index in [9.17, 15) is 13.6 Å². The SMILES string of the molecule is CC(CCC1CCCO1)NC(=O)c1nn(-c2ccc(F)c(F)c2)c2c1CCC2. The Kier molecular flexibility index (Phi) is 5.44. The standard InChI is InChI=1S/C21H25F2N3O2/c1-13(7-9-15-4-3-11-28-15)24-21(27)20-16-5-2-6-19(16)26(25-20)14-8-10-17(22)18(23)12-14/h8,10,12-13,15H,2-7,9,11H2,1H3,(H,24,27). The maximum Gasteiger partial charge on any atom is 0.272 e. The van der Waals surface area contributed by atoms with Gasteiger partial charge in [0.15, 0.2) is 17.3 Å². The van der Waals surface area contributed by atoms with Crippen LogP contribution in [-0.2, 0) is 17.6 Å². The van der Waals surface area contributed by atoms with E-state index >= 15 is 0 Å². The van der Waals surface area contributed by atoms with E-state index in [1.54, 1.807) is 4.68 Å². The zero-order valence-corrected chi connectivity index (χ0v) is 16.0. The summed E-state index contributed by atoms with van der Waals surface area (Å²) in [6, 6.07) is 3.70. The van der Waals surface area contributed by atoms with Crippen molar-refractivity contribution in [3.8, 4) is 5.69 Å². The summed E-state index contributed by atoms with van der Waals surface area (Å²) < 4.78 is 34.2. The van der Waals surface area contributed by atoms with Crippen LogP contribution in [0.1, 0.15) is 60.8 Å². The maximum atomic E-state index is 13.7. The van der Waals surface area contributed by atoms with Crippen molar-refractivity contribution >= 4 is 5.91 Å². The number of aromatic nitrogens is 2. The zero-order chi connectivity index (χ0) is 19.7. The van der Waals surface area contributed by atoms with Crippen LogP contribution in [0.15, 0.2) is 18.2 Å². The number of nitrogens with one attached hydrogen (secondary N) is 1. The van der Waals surface area contributed by atoms with Crippen LogP contribution in [0.25, 0.3) is 5.69 Å². The van der Waals surface area contributed by atoms with Gasteiger partial charge in [-0.25, -0.2) is 13.5 Å². The molecule has 150 valence electrons. The molecule has 1 saturated heterocycles. The predicted octanol–water partition coefficient (Wildman–Crippen LogP) is 3.72. The van der Waals surface area contributed by atoms with Crippen LogP contribution in [0.5, 0.6) is 0 Å². The Hall–Kier alpha value is -2.28. The minimum Gasteiger partial charge on any atom is -0.378 e. The van der Waals surface area contributed by atoms with Gasteiger partial charge >= 0.3 is 0 Å². The van der Waals surface area contributed by atoms with Gasteiger partial charge in [-0.15, -0.1) is 0 Å². The summed E-state index contributed by atoms with van der Waals surface area (Å²) in [4.78, 5) is 12.8. The first-order chi connectivity index (χ1) is 13.5. The van der Waals surface area contributed by atoms with E-state index in [0.29, 0.717) is 17.5 Å². The topological polar surface area (TPSA) is 56.1 Å². The van der Waals surface area contributed by atoms with Gasteiger partial charge in [0.25, 0.3) is 5.91 Å². The molecule has 2 aromatic rings. The van der Waals surface area contributed by atoms with Gasteiger partial charge in [0.1, 0.15) is 0 Å². The molecule has 5 nitrogen and oxygen atoms in total. The van der Waals surface area contributed by atoms with Crippen molar-refractivity contribution in [3.63, 3.8) is 0 Å². The second-order valence-electron chi connectivity index (χ2n) is 7.72. The fourth-order valence-corrected chi connectivity index (χ4v) is 4.12. The van der Waals surface area contributed by atoms with Crippen LogP contribution in [0.2, 0.25) is 0 Å². The molecule has 4 rings (SSSR count). The summed E-state index contributed by atoms with van der Waals surface area (Å²) in [7, 11) is 0. The summed E-state index contributed by atoms with van der Waals surface area (Å²) in [5, 5.41) is 7.48. The summed E-state index contributed by atoms with van der Waals surface area (Å²) in [6.07, 6.45) is 6.74. The van der Waals surface area contributed by atoms with E-state index in [1.165, 1.54) is 6.07 Å². The first-order valence-corrected chi connectivity index (χ1v) is 10.0. The van der Waals surface area contributed by atoms with E-state index in [-0.39, 0.29) is 11.9 Å². The number of fused-ring (bicyclic) bond motifs is 1. The number of halogens is 2. The van der Waals surface area contributed by atoms with Crippen LogP contribution in [0, 0.1) is 11.6 Å². The molecule has 0 saturated carbocycles. The van der Waals surface area contributed by atoms with Gasteiger partial charge in [0.2, 0.25) is 0 Å². The number of nitrogens with zero attached hydrogens (tertiary/aromatic N) is 2. The Morgan fingerprint density at radius 1 is 1.32 bits per heavy atom. The molecular formula is C21H25F2N3O2. The molecule has 1 aliphatic heterocycles. The van der Waals surface area contributed by atoms with Crippen molar-refractivity contribution in [2.75, 3.05) is 6.61 Å². The van der Waals surface area contributed by atoms with Gasteiger partial charge in [-0.05, 0) is 64.0 Å². The molecule has 1 N–H and O–H groups in total. The van der Waals surface area contributed by atoms with Crippen LogP contribution in [0.4, 0.5) is 8.78 Å². The number of benzene rings is 1. The highest BCUT2D eigenvalue weighted by Crippen LogP contribution is 2.28. The summed E-state index contributed by atoms with van der Waals surface area (Å²) >= 11 is 0. The molecule has 1 aromatic heterocycles. The Bertz CT molecular complexity index is 875. The lowest BCUT2D eigenvalue weighted by Crippen LogP contribution is -2.34. The van der Waals surface area contributed by atoms with Crippen LogP contribution < -0.4 is 5.32 Å². The highest BCUT2D eigenvalue weighted by atomic mass is 19.2. The molecule has 0 bridgehead atoms. The van der Waals surface area contributed by atoms with E-state index in [0.717, 1.165) is 74.9 Å². The molecular weight excluding hydrogens is 364 g/mol. The molecule has 2 atom stereocenters. The Labute approximate surface area is 163 Å². The highest BCUT2D eigenvalue weighted by Gasteiger charge is 2.28. The van der Waals surface area contributed by atoms with Crippen molar-refractivity contribution in [3.05, 3.63) is 46.8 Å². The van der Waals surface area contributed by atoms with E-state index in [4.69, 9.17) is 4.74 Å². The largest absolute Gasteiger partial charge is 0.378 e. The second kappa shape index (κ2) is 7.99. The summed E-state index contributed by atoms with van der Waals surface area (Å²) in [5.74, 6) is -2.03. The van der Waals surface area contributed by atoms with E-state index < -0.39 is 11.6 Å². The van der Waals surface area contributed by atoms with Crippen molar-refractivity contribution < 1.29 is 18.3 Å². The normalized spacial score (nSPS) is 19.6. The fraction of sp³-hybridized carbons (Fsp3) is 0.524. The van der Waals surface area contributed by atoms with Crippen molar-refractivity contribution in [2.24, 2.45) is 0 Å². The lowest BCUT2D eigenvalue weighted by atomic mass is 10.1. The number of carbonyl (C=O) groups excluding carboxylic acids is 1. The monoisotopic (exact) mass is 389 g/mol. The third-order valence-electron chi connectivity index (χ3n) is 5.62. The first kappa shape index (κ1) is 19.1. The van der Waals surface area contributed by atoms with Crippen molar-refractivity contribution in [1.29, 1.82) is 0 Å². The Balaban J connectivity index is 1.49. The van der Waals surface area contributed by atoms with Gasteiger partial charge in [-0.2, -0.15) is 5.10 Å². The second-order valence-corrected chi connectivity index (χ2v) is 7.72. The molecule has 7 heteroatoms. The minimum absolute atomic E-state index is 0.0159. The number of hydrogen-bond acceptors (Lipinski definition) is 3. The smallest absolute Gasteiger partial charge is 0.272 e. The predicted molar refractivity (Wildman–Crippen MR) is 101 cm³/mol. The quantitative estimate of drug-likeness (QED) is 0.819. The number of rotatable bonds is 6. The summed E-state index contributed by atoms with van der Waals surface area (Å²) in [6.45, 7) is 2.82. The molecule has 1 amide bonds. The zero-order valence-electron chi connectivity index (χ0n) is 16.0. The van der Waals surface area contributed by atoms with Crippen LogP contribution in [0.3, 0.4) is 0 Å². The third kappa shape index (κ3) is 3.81. The lowest BCUT2D eigenvalue weighted by molar-refractivity contribution is 0.0894. The molecule has 2 heterocycles. The van der Waals surface area contributed by atoms with Gasteiger partial charge in [0.05, 0.1) is 11.8 Å². The molecule has 1 aliphatic carbocycles. The molecule has 2 aliphatic rings. The molecule has 28 heavy (non-hydrogen) atoms. The Morgan fingerprint density at radius 3 is 2.93 bits per heavy atom. The average Bonchev–Trinajstić information content (AvgIpc) is 3.40. The van der Waals surface area contributed by atoms with Crippen LogP contribution >= 0.6 is 0 Å². The van der Waals surface area contributed by atoms with E-state index in [2.05, 4.69) is 10.4 Å². The number of hydrogen-bond donors (Lipinski definition) is 1. The van der Waals surface area contributed by atoms with Crippen LogP contribution in [-0.4, -0.2) is 34.4 Å². The highest BCUT2D eigenvalue weighted by molar-refractivity contribution is 5.94.